The van der Waals surface area contributed by atoms with Gasteiger partial charge in [-0.25, -0.2) is 0 Å². The third-order valence-electron chi connectivity index (χ3n) is 3.23. The van der Waals surface area contributed by atoms with Gasteiger partial charge in [-0.05, 0) is 54.6 Å². The normalized spacial score (nSPS) is 25.8. The Morgan fingerprint density at radius 3 is 2.81 bits per heavy atom. The lowest BCUT2D eigenvalue weighted by Crippen LogP contribution is -2.35. The van der Waals surface area contributed by atoms with Gasteiger partial charge in [-0.15, -0.1) is 0 Å². The lowest BCUT2D eigenvalue weighted by molar-refractivity contribution is 0.0116. The summed E-state index contributed by atoms with van der Waals surface area (Å²) >= 11 is 1.74. The van der Waals surface area contributed by atoms with E-state index in [4.69, 9.17) is 4.74 Å². The van der Waals surface area contributed by atoms with Crippen LogP contribution < -0.4 is 5.32 Å². The zero-order valence-corrected chi connectivity index (χ0v) is 10.8. The fourth-order valence-electron chi connectivity index (χ4n) is 2.31. The molecule has 0 aromatic carbocycles. The Kier molecular flexibility index (Phi) is 4.82. The molecule has 2 nitrogen and oxygen atoms in total. The van der Waals surface area contributed by atoms with Crippen molar-refractivity contribution in [1.82, 2.24) is 5.32 Å². The Hall–Kier alpha value is -0.380. The number of hydrogen-bond acceptors (Lipinski definition) is 3. The van der Waals surface area contributed by atoms with E-state index in [-0.39, 0.29) is 0 Å². The van der Waals surface area contributed by atoms with Crippen molar-refractivity contribution < 1.29 is 4.74 Å². The molecule has 1 aromatic rings. The van der Waals surface area contributed by atoms with E-state index in [1.54, 1.807) is 11.3 Å². The van der Waals surface area contributed by atoms with Crippen molar-refractivity contribution in [3.63, 3.8) is 0 Å². The van der Waals surface area contributed by atoms with Crippen molar-refractivity contribution in [1.29, 1.82) is 0 Å². The molecule has 2 rings (SSSR count). The summed E-state index contributed by atoms with van der Waals surface area (Å²) in [6.07, 6.45) is 5.43. The number of rotatable bonds is 5. The Labute approximate surface area is 102 Å². The molecule has 0 saturated heterocycles. The van der Waals surface area contributed by atoms with Gasteiger partial charge in [0.05, 0.1) is 12.7 Å². The van der Waals surface area contributed by atoms with Crippen LogP contribution in [0.3, 0.4) is 0 Å². The molecule has 1 heterocycles. The Balaban J connectivity index is 1.65. The maximum atomic E-state index is 5.93. The van der Waals surface area contributed by atoms with E-state index in [0.29, 0.717) is 6.10 Å². The van der Waals surface area contributed by atoms with Gasteiger partial charge in [-0.2, -0.15) is 11.3 Å². The van der Waals surface area contributed by atoms with Gasteiger partial charge >= 0.3 is 0 Å². The van der Waals surface area contributed by atoms with E-state index < -0.39 is 0 Å². The Bertz CT molecular complexity index is 278. The predicted octanol–water partition coefficient (Wildman–Crippen LogP) is 3.19. The van der Waals surface area contributed by atoms with E-state index in [0.717, 1.165) is 19.2 Å². The maximum absolute atomic E-state index is 5.93. The fourth-order valence-corrected chi connectivity index (χ4v) is 2.96. The summed E-state index contributed by atoms with van der Waals surface area (Å²) in [7, 11) is 0. The lowest BCUT2D eigenvalue weighted by atomic mass is 9.93. The minimum absolute atomic E-state index is 0.481. The minimum atomic E-state index is 0.481. The van der Waals surface area contributed by atoms with Crippen LogP contribution in [0, 0.1) is 0 Å². The molecule has 1 aliphatic rings. The molecule has 16 heavy (non-hydrogen) atoms. The van der Waals surface area contributed by atoms with Crippen molar-refractivity contribution in [3.05, 3.63) is 22.4 Å². The van der Waals surface area contributed by atoms with E-state index in [1.165, 1.54) is 31.2 Å². The van der Waals surface area contributed by atoms with Crippen molar-refractivity contribution >= 4 is 11.3 Å². The highest BCUT2D eigenvalue weighted by atomic mass is 32.1. The van der Waals surface area contributed by atoms with Crippen LogP contribution in [0.1, 0.15) is 38.2 Å². The number of hydrogen-bond donors (Lipinski definition) is 1. The first-order valence-electron chi connectivity index (χ1n) is 6.24. The second-order valence-corrected chi connectivity index (χ2v) is 5.25. The van der Waals surface area contributed by atoms with Crippen molar-refractivity contribution in [2.24, 2.45) is 0 Å². The molecule has 90 valence electrons. The van der Waals surface area contributed by atoms with Crippen LogP contribution in [-0.2, 0) is 11.3 Å². The molecule has 0 unspecified atom stereocenters. The smallest absolute Gasteiger partial charge is 0.0728 e. The first-order valence-corrected chi connectivity index (χ1v) is 7.19. The quantitative estimate of drug-likeness (QED) is 0.852. The van der Waals surface area contributed by atoms with Gasteiger partial charge < -0.3 is 10.1 Å². The van der Waals surface area contributed by atoms with Gasteiger partial charge in [0.15, 0.2) is 0 Å². The van der Waals surface area contributed by atoms with Crippen LogP contribution in [0.5, 0.6) is 0 Å². The average Bonchev–Trinajstić information content (AvgIpc) is 2.82. The van der Waals surface area contributed by atoms with Gasteiger partial charge in [0.2, 0.25) is 0 Å². The summed E-state index contributed by atoms with van der Waals surface area (Å²) < 4.78 is 5.93. The van der Waals surface area contributed by atoms with Crippen molar-refractivity contribution in [2.75, 3.05) is 6.54 Å². The van der Waals surface area contributed by atoms with Crippen LogP contribution in [0.25, 0.3) is 0 Å². The van der Waals surface area contributed by atoms with Crippen LogP contribution >= 0.6 is 11.3 Å². The average molecular weight is 239 g/mol. The standard InChI is InChI=1S/C13H21NOS/c1-2-14-12-3-5-13(6-4-12)15-9-11-7-8-16-10-11/h7-8,10,12-14H,2-6,9H2,1H3. The van der Waals surface area contributed by atoms with E-state index in [2.05, 4.69) is 29.1 Å². The summed E-state index contributed by atoms with van der Waals surface area (Å²) in [6, 6.07) is 2.88. The molecule has 1 aliphatic carbocycles. The molecule has 1 fully saturated rings. The summed E-state index contributed by atoms with van der Waals surface area (Å²) in [5.74, 6) is 0. The van der Waals surface area contributed by atoms with Crippen LogP contribution in [-0.4, -0.2) is 18.7 Å². The molecular formula is C13H21NOS. The molecule has 1 saturated carbocycles. The highest BCUT2D eigenvalue weighted by Crippen LogP contribution is 2.22. The molecule has 3 heteroatoms. The molecule has 0 spiro atoms. The van der Waals surface area contributed by atoms with E-state index in [1.807, 2.05) is 0 Å². The number of ether oxygens (including phenoxy) is 1. The summed E-state index contributed by atoms with van der Waals surface area (Å²) in [4.78, 5) is 0. The van der Waals surface area contributed by atoms with Gasteiger partial charge in [-0.1, -0.05) is 6.92 Å². The number of thiophene rings is 1. The Morgan fingerprint density at radius 2 is 2.19 bits per heavy atom. The van der Waals surface area contributed by atoms with Gasteiger partial charge in [0, 0.05) is 6.04 Å². The summed E-state index contributed by atoms with van der Waals surface area (Å²) in [6.45, 7) is 4.06. The van der Waals surface area contributed by atoms with E-state index >= 15 is 0 Å². The number of nitrogens with one attached hydrogen (secondary N) is 1. The second-order valence-electron chi connectivity index (χ2n) is 4.47. The third kappa shape index (κ3) is 3.58. The van der Waals surface area contributed by atoms with Crippen LogP contribution in [0.15, 0.2) is 16.8 Å². The van der Waals surface area contributed by atoms with Gasteiger partial charge in [0.25, 0.3) is 0 Å². The fraction of sp³-hybridized carbons (Fsp3) is 0.692. The first-order chi connectivity index (χ1) is 7.88. The SMILES string of the molecule is CCNC1CCC(OCc2ccsc2)CC1. The molecule has 0 aliphatic heterocycles. The minimum Gasteiger partial charge on any atom is -0.374 e. The maximum Gasteiger partial charge on any atom is 0.0728 e. The molecular weight excluding hydrogens is 218 g/mol. The molecule has 0 amide bonds. The van der Waals surface area contributed by atoms with Crippen molar-refractivity contribution in [2.45, 2.75) is 51.4 Å². The Morgan fingerprint density at radius 1 is 1.38 bits per heavy atom. The molecule has 1 aromatic heterocycles. The summed E-state index contributed by atoms with van der Waals surface area (Å²) in [5, 5.41) is 7.80. The topological polar surface area (TPSA) is 21.3 Å². The predicted molar refractivity (Wildman–Crippen MR) is 68.8 cm³/mol. The van der Waals surface area contributed by atoms with Crippen LogP contribution in [0.2, 0.25) is 0 Å². The lowest BCUT2D eigenvalue weighted by Gasteiger charge is -2.28. The van der Waals surface area contributed by atoms with Gasteiger partial charge in [0.1, 0.15) is 0 Å². The third-order valence-corrected chi connectivity index (χ3v) is 3.96. The second kappa shape index (κ2) is 6.38. The molecule has 0 bridgehead atoms. The zero-order chi connectivity index (χ0) is 11.2. The monoisotopic (exact) mass is 239 g/mol. The summed E-state index contributed by atoms with van der Waals surface area (Å²) in [5.41, 5.74) is 1.32. The van der Waals surface area contributed by atoms with Crippen LogP contribution in [0.4, 0.5) is 0 Å². The zero-order valence-electron chi connectivity index (χ0n) is 9.95. The van der Waals surface area contributed by atoms with Crippen molar-refractivity contribution in [3.8, 4) is 0 Å². The molecule has 0 radical (unpaired) electrons. The largest absolute Gasteiger partial charge is 0.374 e. The first kappa shape index (κ1) is 12.1. The van der Waals surface area contributed by atoms with E-state index in [9.17, 15) is 0 Å². The highest BCUT2D eigenvalue weighted by Gasteiger charge is 2.20. The molecule has 1 N–H and O–H groups in total. The highest BCUT2D eigenvalue weighted by molar-refractivity contribution is 7.07. The molecule has 0 atom stereocenters. The van der Waals surface area contributed by atoms with Gasteiger partial charge in [-0.3, -0.25) is 0 Å².